The summed E-state index contributed by atoms with van der Waals surface area (Å²) < 4.78 is 24.5. The zero-order valence-electron chi connectivity index (χ0n) is 5.16. The van der Waals surface area contributed by atoms with E-state index in [2.05, 4.69) is 10.2 Å². The number of hydrogen-bond acceptors (Lipinski definition) is 1. The van der Waals surface area contributed by atoms with Crippen LogP contribution in [0.2, 0.25) is 0 Å². The number of alkyl halides is 3. The molecule has 0 aliphatic rings. The van der Waals surface area contributed by atoms with Crippen molar-refractivity contribution in [2.24, 2.45) is 0 Å². The van der Waals surface area contributed by atoms with Crippen molar-refractivity contribution in [2.45, 2.75) is 12.3 Å². The van der Waals surface area contributed by atoms with Crippen LogP contribution in [0.5, 0.6) is 0 Å². The summed E-state index contributed by atoms with van der Waals surface area (Å²) in [5, 5.41) is 2.18. The summed E-state index contributed by atoms with van der Waals surface area (Å²) in [7, 11) is 0. The molecule has 56 valence electrons. The van der Waals surface area contributed by atoms with Crippen LogP contribution in [0.15, 0.2) is 6.20 Å². The van der Waals surface area contributed by atoms with Gasteiger partial charge < -0.3 is 0 Å². The summed E-state index contributed by atoms with van der Waals surface area (Å²) in [6.45, 7) is 1.51. The van der Waals surface area contributed by atoms with Crippen LogP contribution in [-0.2, 0) is 5.38 Å². The fourth-order valence-corrected chi connectivity index (χ4v) is 0.825. The fourth-order valence-electron chi connectivity index (χ4n) is 0.633. The maximum absolute atomic E-state index is 12.2. The Morgan fingerprint density at radius 2 is 2.30 bits per heavy atom. The quantitative estimate of drug-likeness (QED) is 0.636. The van der Waals surface area contributed by atoms with Gasteiger partial charge in [0.05, 0.1) is 6.20 Å². The van der Waals surface area contributed by atoms with Gasteiger partial charge in [-0.05, 0) is 24.1 Å². The number of rotatable bonds is 1. The molecule has 1 rings (SSSR count). The number of aryl methyl sites for hydroxylation is 1. The molecule has 5 heteroatoms. The zero-order chi connectivity index (χ0) is 7.78. The number of nitrogens with zero attached hydrogens (tertiary/aromatic N) is 1. The SMILES string of the molecule is Cc1cn[nH]c1C(F)(F)Cl. The van der Waals surface area contributed by atoms with Gasteiger partial charge in [-0.25, -0.2) is 0 Å². The topological polar surface area (TPSA) is 28.7 Å². The molecular formula is C5H5ClF2N2. The average Bonchev–Trinajstić information content (AvgIpc) is 2.11. The molecule has 0 amide bonds. The van der Waals surface area contributed by atoms with Gasteiger partial charge in [0.1, 0.15) is 5.69 Å². The molecule has 0 aromatic carbocycles. The van der Waals surface area contributed by atoms with Crippen LogP contribution in [0.3, 0.4) is 0 Å². The van der Waals surface area contributed by atoms with Crippen LogP contribution in [-0.4, -0.2) is 10.2 Å². The number of halogens is 3. The van der Waals surface area contributed by atoms with Gasteiger partial charge in [0, 0.05) is 0 Å². The first-order chi connectivity index (χ1) is 4.52. The lowest BCUT2D eigenvalue weighted by molar-refractivity contribution is 0.0892. The van der Waals surface area contributed by atoms with Crippen LogP contribution in [0.1, 0.15) is 11.3 Å². The molecule has 0 unspecified atom stereocenters. The van der Waals surface area contributed by atoms with Gasteiger partial charge in [0.15, 0.2) is 0 Å². The van der Waals surface area contributed by atoms with Crippen molar-refractivity contribution >= 4 is 11.6 Å². The molecule has 0 bridgehead atoms. The zero-order valence-corrected chi connectivity index (χ0v) is 5.91. The Hall–Kier alpha value is -0.640. The van der Waals surface area contributed by atoms with Gasteiger partial charge in [-0.1, -0.05) is 0 Å². The lowest BCUT2D eigenvalue weighted by Gasteiger charge is -2.04. The summed E-state index contributed by atoms with van der Waals surface area (Å²) >= 11 is 4.70. The maximum atomic E-state index is 12.2. The molecule has 0 spiro atoms. The Morgan fingerprint density at radius 3 is 2.50 bits per heavy atom. The molecule has 0 saturated carbocycles. The van der Waals surface area contributed by atoms with Crippen molar-refractivity contribution in [3.05, 3.63) is 17.5 Å². The Labute approximate surface area is 61.2 Å². The maximum Gasteiger partial charge on any atom is 0.364 e. The molecule has 1 heterocycles. The van der Waals surface area contributed by atoms with Gasteiger partial charge in [-0.2, -0.15) is 13.9 Å². The average molecular weight is 167 g/mol. The number of aromatic nitrogens is 2. The van der Waals surface area contributed by atoms with E-state index in [4.69, 9.17) is 11.6 Å². The fraction of sp³-hybridized carbons (Fsp3) is 0.400. The Balaban J connectivity index is 3.05. The first-order valence-corrected chi connectivity index (χ1v) is 2.97. The lowest BCUT2D eigenvalue weighted by Crippen LogP contribution is -2.05. The Kier molecular flexibility index (Phi) is 1.64. The van der Waals surface area contributed by atoms with E-state index >= 15 is 0 Å². The highest BCUT2D eigenvalue weighted by atomic mass is 35.5. The number of H-pyrrole nitrogens is 1. The highest BCUT2D eigenvalue weighted by Crippen LogP contribution is 2.32. The number of nitrogens with one attached hydrogen (secondary N) is 1. The molecule has 1 aromatic heterocycles. The van der Waals surface area contributed by atoms with E-state index in [-0.39, 0.29) is 5.69 Å². The van der Waals surface area contributed by atoms with Crippen LogP contribution in [0.25, 0.3) is 0 Å². The minimum absolute atomic E-state index is 0.339. The van der Waals surface area contributed by atoms with E-state index < -0.39 is 5.38 Å². The standard InChI is InChI=1S/C5H5ClF2N2/c1-3-2-9-10-4(3)5(6,7)8/h2H,1H3,(H,9,10). The second-order valence-corrected chi connectivity index (χ2v) is 2.40. The van der Waals surface area contributed by atoms with E-state index in [0.29, 0.717) is 5.56 Å². The second-order valence-electron chi connectivity index (χ2n) is 1.93. The second kappa shape index (κ2) is 2.20. The molecule has 0 fully saturated rings. The predicted octanol–water partition coefficient (Wildman–Crippen LogP) is 2.01. The summed E-state index contributed by atoms with van der Waals surface area (Å²) in [6.07, 6.45) is 1.30. The lowest BCUT2D eigenvalue weighted by atomic mass is 10.3. The van der Waals surface area contributed by atoms with Crippen molar-refractivity contribution in [2.75, 3.05) is 0 Å². The van der Waals surface area contributed by atoms with Crippen molar-refractivity contribution in [1.82, 2.24) is 10.2 Å². The number of hydrogen-bond donors (Lipinski definition) is 1. The molecule has 0 radical (unpaired) electrons. The summed E-state index contributed by atoms with van der Waals surface area (Å²) in [4.78, 5) is 0. The highest BCUT2D eigenvalue weighted by molar-refractivity contribution is 6.21. The summed E-state index contributed by atoms with van der Waals surface area (Å²) in [6, 6.07) is 0. The van der Waals surface area contributed by atoms with Gasteiger partial charge in [0.25, 0.3) is 0 Å². The van der Waals surface area contributed by atoms with Gasteiger partial charge in [-0.3, -0.25) is 5.10 Å². The Morgan fingerprint density at radius 1 is 1.70 bits per heavy atom. The van der Waals surface area contributed by atoms with E-state index in [0.717, 1.165) is 0 Å². The van der Waals surface area contributed by atoms with Gasteiger partial charge in [0.2, 0.25) is 0 Å². The van der Waals surface area contributed by atoms with Gasteiger partial charge >= 0.3 is 5.38 Å². The van der Waals surface area contributed by atoms with Gasteiger partial charge in [-0.15, -0.1) is 0 Å². The molecular weight excluding hydrogens is 162 g/mol. The van der Waals surface area contributed by atoms with Crippen molar-refractivity contribution in [3.8, 4) is 0 Å². The van der Waals surface area contributed by atoms with Crippen molar-refractivity contribution in [1.29, 1.82) is 0 Å². The third-order valence-electron chi connectivity index (χ3n) is 1.11. The third-order valence-corrected chi connectivity index (χ3v) is 1.30. The first kappa shape index (κ1) is 7.47. The van der Waals surface area contributed by atoms with Crippen LogP contribution >= 0.6 is 11.6 Å². The van der Waals surface area contributed by atoms with Crippen LogP contribution in [0, 0.1) is 6.92 Å². The van der Waals surface area contributed by atoms with E-state index in [9.17, 15) is 8.78 Å². The summed E-state index contributed by atoms with van der Waals surface area (Å²) in [5.41, 5.74) is 0.0224. The van der Waals surface area contributed by atoms with Crippen molar-refractivity contribution in [3.63, 3.8) is 0 Å². The normalized spacial score (nSPS) is 12.0. The monoisotopic (exact) mass is 166 g/mol. The van der Waals surface area contributed by atoms with E-state index in [1.165, 1.54) is 13.1 Å². The molecule has 10 heavy (non-hydrogen) atoms. The molecule has 0 aliphatic heterocycles. The molecule has 0 saturated heterocycles. The molecule has 2 nitrogen and oxygen atoms in total. The molecule has 1 N–H and O–H groups in total. The summed E-state index contributed by atoms with van der Waals surface area (Å²) in [5.74, 6) is 0. The number of aromatic amines is 1. The highest BCUT2D eigenvalue weighted by Gasteiger charge is 2.31. The third kappa shape index (κ3) is 1.26. The first-order valence-electron chi connectivity index (χ1n) is 2.59. The largest absolute Gasteiger partial charge is 0.364 e. The Bertz CT molecular complexity index is 228. The predicted molar refractivity (Wildman–Crippen MR) is 33.1 cm³/mol. The minimum Gasteiger partial charge on any atom is -0.275 e. The molecule has 0 aliphatic carbocycles. The van der Waals surface area contributed by atoms with Crippen LogP contribution < -0.4 is 0 Å². The van der Waals surface area contributed by atoms with E-state index in [1.807, 2.05) is 0 Å². The smallest absolute Gasteiger partial charge is 0.275 e. The minimum atomic E-state index is -3.33. The molecule has 0 atom stereocenters. The molecule has 1 aromatic rings. The van der Waals surface area contributed by atoms with Crippen molar-refractivity contribution < 1.29 is 8.78 Å². The van der Waals surface area contributed by atoms with E-state index in [1.54, 1.807) is 0 Å². The van der Waals surface area contributed by atoms with Crippen LogP contribution in [0.4, 0.5) is 8.78 Å².